The molecule has 0 saturated carbocycles. The van der Waals surface area contributed by atoms with E-state index in [1.165, 1.54) is 0 Å². The Kier molecular flexibility index (Phi) is 38.5. The highest BCUT2D eigenvalue weighted by Crippen LogP contribution is 2.46. The van der Waals surface area contributed by atoms with Crippen molar-refractivity contribution in [3.8, 4) is 0 Å². The molecule has 0 aromatic carbocycles. The minimum atomic E-state index is -3.98. The van der Waals surface area contributed by atoms with Crippen molar-refractivity contribution in [2.24, 2.45) is 29.6 Å². The average Bonchev–Trinajstić information content (AvgIpc) is 2.93. The van der Waals surface area contributed by atoms with Crippen molar-refractivity contribution in [2.75, 3.05) is 46.1 Å². The maximum Gasteiger partial charge on any atom is 0.472 e. The first kappa shape index (κ1) is 57.8. The van der Waals surface area contributed by atoms with Crippen LogP contribution in [-0.2, 0) is 32.7 Å². The van der Waals surface area contributed by atoms with E-state index in [1.807, 2.05) is 55.4 Å². The molecule has 1 rings (SSSR count). The molecule has 3 amide bonds. The van der Waals surface area contributed by atoms with Gasteiger partial charge in [-0.3, -0.25) is 28.7 Å². The summed E-state index contributed by atoms with van der Waals surface area (Å²) in [6.45, 7) is 28.0. The number of carbonyl (C=O) groups excluding carboxylic acids is 3. The largest absolute Gasteiger partial charge is 0.472 e. The number of nitrogens with zero attached hydrogens (tertiary/aromatic N) is 1. The maximum atomic E-state index is 11.9. The molecule has 4 N–H and O–H groups in total. The van der Waals surface area contributed by atoms with Gasteiger partial charge in [-0.05, 0) is 56.8 Å². The van der Waals surface area contributed by atoms with E-state index in [9.17, 15) is 23.8 Å². The molecule has 0 aromatic heterocycles. The summed E-state index contributed by atoms with van der Waals surface area (Å²) in [5.41, 5.74) is 0. The molecule has 0 radical (unpaired) electrons. The molecular weight excluding hydrogens is 659 g/mol. The van der Waals surface area contributed by atoms with Crippen LogP contribution in [0.2, 0.25) is 0 Å². The molecular formula is C37H83N4O8P. The Bertz CT molecular complexity index is 878. The molecule has 1 unspecified atom stereocenters. The van der Waals surface area contributed by atoms with Crippen LogP contribution in [0.25, 0.3) is 0 Å². The second-order valence-corrected chi connectivity index (χ2v) is 15.8. The van der Waals surface area contributed by atoms with Crippen molar-refractivity contribution in [3.05, 3.63) is 0 Å². The lowest BCUT2D eigenvalue weighted by molar-refractivity contribution is -0.133. The Hall–Kier alpha value is -1.56. The number of piperidine rings is 1. The highest BCUT2D eigenvalue weighted by atomic mass is 31.2. The van der Waals surface area contributed by atoms with Gasteiger partial charge in [-0.25, -0.2) is 4.57 Å². The zero-order valence-corrected chi connectivity index (χ0v) is 32.6. The van der Waals surface area contributed by atoms with Gasteiger partial charge in [0.2, 0.25) is 17.7 Å². The van der Waals surface area contributed by atoms with Gasteiger partial charge in [0.1, 0.15) is 0 Å². The fourth-order valence-corrected chi connectivity index (χ4v) is 4.95. The van der Waals surface area contributed by atoms with Crippen molar-refractivity contribution in [2.45, 2.75) is 150 Å². The maximum absolute atomic E-state index is 11.9. The standard InChI is InChI=1S/C14H28NO5P.C11H23NO2.C9H20N2O.3CH4/c1-11(2)9-14(16)15-7-5-13(6-8-15)20-21(17,18)19-10-12(3)4;1-9(2)5-7-14-8-6-12-11(13)10(3)4;1-7(2)5-9(12)11-6-10-8(3)4;;;/h11-13H,5-10H2,1-4H3,(H,17,18);9-10H,5-8H2,1-4H3,(H,12,13);7-8,10H,5-6H2,1-4H3,(H,11,12);3*1H4. The Morgan fingerprint density at radius 2 is 1.32 bits per heavy atom. The molecule has 1 saturated heterocycles. The molecule has 1 fully saturated rings. The summed E-state index contributed by atoms with van der Waals surface area (Å²) in [5, 5.41) is 8.72. The molecule has 13 heteroatoms. The van der Waals surface area contributed by atoms with E-state index in [0.29, 0.717) is 82.4 Å². The lowest BCUT2D eigenvalue weighted by Crippen LogP contribution is -2.41. The molecule has 304 valence electrons. The third-order valence-electron chi connectivity index (χ3n) is 6.53. The Morgan fingerprint density at radius 3 is 1.76 bits per heavy atom. The van der Waals surface area contributed by atoms with Crippen molar-refractivity contribution in [1.82, 2.24) is 20.9 Å². The molecule has 1 heterocycles. The molecule has 50 heavy (non-hydrogen) atoms. The Labute approximate surface area is 308 Å². The summed E-state index contributed by atoms with van der Waals surface area (Å²) >= 11 is 0. The number of rotatable bonds is 19. The number of phosphoric ester groups is 1. The van der Waals surface area contributed by atoms with E-state index in [-0.39, 0.29) is 64.5 Å². The number of amides is 3. The van der Waals surface area contributed by atoms with Crippen LogP contribution in [0.15, 0.2) is 0 Å². The molecule has 1 aliphatic heterocycles. The normalized spacial score (nSPS) is 14.1. The number of phosphoric acid groups is 1. The van der Waals surface area contributed by atoms with Crippen LogP contribution in [0.5, 0.6) is 0 Å². The van der Waals surface area contributed by atoms with Crippen LogP contribution in [0.4, 0.5) is 0 Å². The van der Waals surface area contributed by atoms with Crippen molar-refractivity contribution in [1.29, 1.82) is 0 Å². The van der Waals surface area contributed by atoms with Crippen LogP contribution in [-0.4, -0.2) is 85.8 Å². The zero-order chi connectivity index (χ0) is 36.6. The van der Waals surface area contributed by atoms with Gasteiger partial charge in [0.25, 0.3) is 0 Å². The number of likely N-dealkylation sites (tertiary alicyclic amines) is 1. The summed E-state index contributed by atoms with van der Waals surface area (Å²) in [6, 6.07) is 0.421. The number of ether oxygens (including phenoxy) is 1. The van der Waals surface area contributed by atoms with E-state index < -0.39 is 7.82 Å². The number of hydrogen-bond acceptors (Lipinski definition) is 8. The van der Waals surface area contributed by atoms with Crippen molar-refractivity contribution >= 4 is 25.5 Å². The fourth-order valence-electron chi connectivity index (χ4n) is 3.82. The first-order valence-corrected chi connectivity index (χ1v) is 19.0. The average molecular weight is 743 g/mol. The summed E-state index contributed by atoms with van der Waals surface area (Å²) in [5.74, 6) is 2.05. The van der Waals surface area contributed by atoms with Crippen molar-refractivity contribution < 1.29 is 37.6 Å². The monoisotopic (exact) mass is 743 g/mol. The number of nitrogens with one attached hydrogen (secondary N) is 3. The smallest absolute Gasteiger partial charge is 0.380 e. The third-order valence-corrected chi connectivity index (χ3v) is 7.57. The quantitative estimate of drug-likeness (QED) is 0.0594. The van der Waals surface area contributed by atoms with E-state index >= 15 is 0 Å². The predicted molar refractivity (Wildman–Crippen MR) is 210 cm³/mol. The second-order valence-electron chi connectivity index (χ2n) is 14.4. The number of hydrogen-bond donors (Lipinski definition) is 4. The summed E-state index contributed by atoms with van der Waals surface area (Å²) < 4.78 is 27.3. The third kappa shape index (κ3) is 37.7. The molecule has 1 atom stereocenters. The lowest BCUT2D eigenvalue weighted by atomic mass is 10.1. The Balaban J connectivity index is -0.000000206. The highest BCUT2D eigenvalue weighted by molar-refractivity contribution is 7.47. The van der Waals surface area contributed by atoms with Gasteiger partial charge < -0.3 is 25.2 Å². The molecule has 0 aliphatic carbocycles. The van der Waals surface area contributed by atoms with Gasteiger partial charge in [-0.1, -0.05) is 91.5 Å². The van der Waals surface area contributed by atoms with Crippen LogP contribution >= 0.6 is 7.82 Å². The molecule has 0 aromatic rings. The van der Waals surface area contributed by atoms with Gasteiger partial charge in [0, 0.05) is 51.0 Å². The topological polar surface area (TPSA) is 156 Å². The first-order chi connectivity index (χ1) is 21.7. The van der Waals surface area contributed by atoms with Crippen LogP contribution in [0, 0.1) is 29.6 Å². The minimum Gasteiger partial charge on any atom is -0.380 e. The van der Waals surface area contributed by atoms with E-state index in [1.54, 1.807) is 4.90 Å². The summed E-state index contributed by atoms with van der Waals surface area (Å²) in [4.78, 5) is 45.6. The second kappa shape index (κ2) is 33.3. The zero-order valence-electron chi connectivity index (χ0n) is 31.7. The summed E-state index contributed by atoms with van der Waals surface area (Å²) in [7, 11) is -3.98. The van der Waals surface area contributed by atoms with Gasteiger partial charge in [0.15, 0.2) is 0 Å². The molecule has 12 nitrogen and oxygen atoms in total. The molecule has 0 bridgehead atoms. The minimum absolute atomic E-state index is 0. The fraction of sp³-hybridized carbons (Fsp3) is 0.919. The molecule has 0 spiro atoms. The SMILES string of the molecule is C.C.C.CC(C)CC(=O)NCNC(C)C.CC(C)CCOCCNC(=O)C(C)C.CC(C)COP(=O)(O)OC1CCN(C(=O)CC(C)C)CC1. The van der Waals surface area contributed by atoms with E-state index in [0.717, 1.165) is 13.0 Å². The molecule has 1 aliphatic rings. The Morgan fingerprint density at radius 1 is 0.780 bits per heavy atom. The van der Waals surface area contributed by atoms with Crippen LogP contribution in [0.1, 0.15) is 137 Å². The van der Waals surface area contributed by atoms with E-state index in [4.69, 9.17) is 13.8 Å². The predicted octanol–water partition coefficient (Wildman–Crippen LogP) is 7.65. The van der Waals surface area contributed by atoms with Crippen LogP contribution < -0.4 is 16.0 Å². The number of carbonyl (C=O) groups is 3. The van der Waals surface area contributed by atoms with Gasteiger partial charge in [-0.2, -0.15) is 0 Å². The van der Waals surface area contributed by atoms with Crippen molar-refractivity contribution in [3.63, 3.8) is 0 Å². The lowest BCUT2D eigenvalue weighted by Gasteiger charge is -2.32. The van der Waals surface area contributed by atoms with Gasteiger partial charge >= 0.3 is 7.82 Å². The van der Waals surface area contributed by atoms with Crippen LogP contribution in [0.3, 0.4) is 0 Å². The first-order valence-electron chi connectivity index (χ1n) is 17.5. The van der Waals surface area contributed by atoms with Gasteiger partial charge in [-0.15, -0.1) is 0 Å². The van der Waals surface area contributed by atoms with E-state index in [2.05, 4.69) is 43.6 Å². The highest BCUT2D eigenvalue weighted by Gasteiger charge is 2.31. The summed E-state index contributed by atoms with van der Waals surface area (Å²) in [6.07, 6.45) is 3.05. The van der Waals surface area contributed by atoms with Gasteiger partial charge in [0.05, 0.1) is 26.0 Å².